The van der Waals surface area contributed by atoms with E-state index in [9.17, 15) is 9.59 Å². The maximum absolute atomic E-state index is 13.1. The average molecular weight is 423 g/mol. The van der Waals surface area contributed by atoms with Crippen molar-refractivity contribution in [3.8, 4) is 11.4 Å². The minimum atomic E-state index is -0.368. The molecule has 2 heterocycles. The average Bonchev–Trinajstić information content (AvgIpc) is 3.24. The Balaban J connectivity index is 1.46. The van der Waals surface area contributed by atoms with Crippen molar-refractivity contribution in [2.75, 3.05) is 5.32 Å². The molecule has 0 radical (unpaired) electrons. The normalized spacial score (nSPS) is 11.3. The molecule has 2 N–H and O–H groups in total. The summed E-state index contributed by atoms with van der Waals surface area (Å²) in [5.41, 5.74) is 3.42. The highest BCUT2D eigenvalue weighted by atomic mass is 16.2. The Hall–Kier alpha value is -4.26. The highest BCUT2D eigenvalue weighted by molar-refractivity contribution is 6.11. The number of amides is 1. The number of hydrogen-bond acceptors (Lipinski definition) is 4. The van der Waals surface area contributed by atoms with Crippen molar-refractivity contribution in [3.05, 3.63) is 88.8 Å². The number of nitrogens with zero attached hydrogens (tertiary/aromatic N) is 3. The van der Waals surface area contributed by atoms with Gasteiger partial charge in [0, 0.05) is 16.6 Å². The van der Waals surface area contributed by atoms with E-state index >= 15 is 0 Å². The second kappa shape index (κ2) is 7.77. The lowest BCUT2D eigenvalue weighted by atomic mass is 10.1. The van der Waals surface area contributed by atoms with Gasteiger partial charge in [0.05, 0.1) is 22.5 Å². The van der Waals surface area contributed by atoms with Crippen LogP contribution in [-0.4, -0.2) is 25.7 Å². The predicted molar refractivity (Wildman–Crippen MR) is 126 cm³/mol. The van der Waals surface area contributed by atoms with Crippen LogP contribution < -0.4 is 10.9 Å². The maximum Gasteiger partial charge on any atom is 0.276 e. The summed E-state index contributed by atoms with van der Waals surface area (Å²) in [7, 11) is 0. The van der Waals surface area contributed by atoms with E-state index in [0.717, 1.165) is 22.4 Å². The first-order valence-electron chi connectivity index (χ1n) is 10.4. The molecule has 0 unspecified atom stereocenters. The molecule has 0 atom stereocenters. The molecule has 158 valence electrons. The highest BCUT2D eigenvalue weighted by Gasteiger charge is 2.18. The van der Waals surface area contributed by atoms with E-state index in [-0.39, 0.29) is 23.2 Å². The van der Waals surface area contributed by atoms with Gasteiger partial charge in [0.2, 0.25) is 0 Å². The first-order valence-corrected chi connectivity index (χ1v) is 10.4. The van der Waals surface area contributed by atoms with Crippen LogP contribution in [0.25, 0.3) is 33.2 Å². The van der Waals surface area contributed by atoms with E-state index in [1.54, 1.807) is 24.3 Å². The van der Waals surface area contributed by atoms with Crippen LogP contribution in [0.4, 0.5) is 5.69 Å². The molecule has 5 rings (SSSR count). The Kier molecular flexibility index (Phi) is 4.78. The molecule has 7 nitrogen and oxygen atoms in total. The largest absolute Gasteiger partial charge is 0.338 e. The number of carbonyl (C=O) groups is 1. The van der Waals surface area contributed by atoms with E-state index in [1.165, 1.54) is 4.68 Å². The predicted octanol–water partition coefficient (Wildman–Crippen LogP) is 4.77. The van der Waals surface area contributed by atoms with Crippen molar-refractivity contribution in [2.24, 2.45) is 0 Å². The molecule has 0 aliphatic carbocycles. The van der Waals surface area contributed by atoms with E-state index in [0.29, 0.717) is 16.5 Å². The summed E-state index contributed by atoms with van der Waals surface area (Å²) in [4.78, 5) is 33.7. The summed E-state index contributed by atoms with van der Waals surface area (Å²) < 4.78 is 1.35. The number of rotatable bonds is 4. The smallest absolute Gasteiger partial charge is 0.276 e. The summed E-state index contributed by atoms with van der Waals surface area (Å²) in [6.07, 6.45) is 0. The molecule has 0 saturated carbocycles. The van der Waals surface area contributed by atoms with Gasteiger partial charge in [-0.1, -0.05) is 30.3 Å². The molecule has 0 aliphatic heterocycles. The number of anilines is 1. The molecule has 0 bridgehead atoms. The lowest BCUT2D eigenvalue weighted by Crippen LogP contribution is -2.28. The number of carbonyl (C=O) groups excluding carboxylic acids is 1. The van der Waals surface area contributed by atoms with Gasteiger partial charge in [-0.15, -0.1) is 0 Å². The van der Waals surface area contributed by atoms with Crippen LogP contribution in [0.15, 0.2) is 77.6 Å². The van der Waals surface area contributed by atoms with Gasteiger partial charge in [-0.3, -0.25) is 9.59 Å². The highest BCUT2D eigenvalue weighted by Crippen LogP contribution is 2.23. The van der Waals surface area contributed by atoms with Crippen molar-refractivity contribution >= 4 is 33.4 Å². The quantitative estimate of drug-likeness (QED) is 0.435. The third kappa shape index (κ3) is 3.43. The van der Waals surface area contributed by atoms with E-state index < -0.39 is 0 Å². The summed E-state index contributed by atoms with van der Waals surface area (Å²) >= 11 is 0. The summed E-state index contributed by atoms with van der Waals surface area (Å²) in [5, 5.41) is 8.26. The Morgan fingerprint density at radius 3 is 2.34 bits per heavy atom. The van der Waals surface area contributed by atoms with Gasteiger partial charge >= 0.3 is 0 Å². The Labute approximate surface area is 183 Å². The number of imidazole rings is 1. The van der Waals surface area contributed by atoms with Gasteiger partial charge in [-0.05, 0) is 56.3 Å². The number of fused-ring (bicyclic) bond motifs is 2. The molecule has 5 aromatic rings. The number of aromatic amines is 1. The van der Waals surface area contributed by atoms with Crippen molar-refractivity contribution in [3.63, 3.8) is 0 Å². The number of hydrogen-bond donors (Lipinski definition) is 2. The van der Waals surface area contributed by atoms with E-state index in [4.69, 9.17) is 0 Å². The minimum Gasteiger partial charge on any atom is -0.338 e. The fraction of sp³-hybridized carbons (Fsp3) is 0.120. The molecule has 0 saturated heterocycles. The molecule has 0 fully saturated rings. The van der Waals surface area contributed by atoms with Crippen LogP contribution in [0.3, 0.4) is 0 Å². The zero-order valence-corrected chi connectivity index (χ0v) is 17.7. The second-order valence-corrected chi connectivity index (χ2v) is 7.87. The van der Waals surface area contributed by atoms with Gasteiger partial charge in [0.15, 0.2) is 5.69 Å². The Morgan fingerprint density at radius 2 is 1.62 bits per heavy atom. The topological polar surface area (TPSA) is 92.7 Å². The molecule has 0 aliphatic rings. The van der Waals surface area contributed by atoms with Crippen LogP contribution in [-0.2, 0) is 0 Å². The Bertz CT molecular complexity index is 1480. The lowest BCUT2D eigenvalue weighted by molar-refractivity contribution is 0.102. The van der Waals surface area contributed by atoms with E-state index in [2.05, 4.69) is 20.4 Å². The second-order valence-electron chi connectivity index (χ2n) is 7.87. The standard InChI is InChI=1S/C25H21N5O2/c1-15(2)30-25(32)19-8-4-3-7-18(19)22(29-30)24(31)26-17-13-11-16(12-14-17)23-27-20-9-5-6-10-21(20)28-23/h3-15H,1-2H3,(H,26,31)(H,27,28). The number of benzene rings is 3. The lowest BCUT2D eigenvalue weighted by Gasteiger charge is -2.13. The van der Waals surface area contributed by atoms with Crippen molar-refractivity contribution < 1.29 is 4.79 Å². The monoisotopic (exact) mass is 423 g/mol. The molecular weight excluding hydrogens is 402 g/mol. The number of H-pyrrole nitrogens is 1. The molecule has 3 aromatic carbocycles. The van der Waals surface area contributed by atoms with Gasteiger partial charge in [-0.2, -0.15) is 5.10 Å². The fourth-order valence-corrected chi connectivity index (χ4v) is 3.72. The third-order valence-electron chi connectivity index (χ3n) is 5.34. The van der Waals surface area contributed by atoms with Crippen molar-refractivity contribution in [1.29, 1.82) is 0 Å². The third-order valence-corrected chi connectivity index (χ3v) is 5.34. The molecular formula is C25H21N5O2. The summed E-state index contributed by atoms with van der Waals surface area (Å²) in [5.74, 6) is 0.396. The fourth-order valence-electron chi connectivity index (χ4n) is 3.72. The van der Waals surface area contributed by atoms with Crippen LogP contribution in [0, 0.1) is 0 Å². The molecule has 2 aromatic heterocycles. The maximum atomic E-state index is 13.1. The first kappa shape index (κ1) is 19.7. The number of para-hydroxylation sites is 2. The zero-order valence-electron chi connectivity index (χ0n) is 17.7. The van der Waals surface area contributed by atoms with E-state index in [1.807, 2.05) is 62.4 Å². The van der Waals surface area contributed by atoms with Gasteiger partial charge in [-0.25, -0.2) is 9.67 Å². The van der Waals surface area contributed by atoms with Crippen LogP contribution >= 0.6 is 0 Å². The van der Waals surface area contributed by atoms with Crippen molar-refractivity contribution in [2.45, 2.75) is 19.9 Å². The van der Waals surface area contributed by atoms with Gasteiger partial charge in [0.25, 0.3) is 11.5 Å². The van der Waals surface area contributed by atoms with Gasteiger partial charge in [0.1, 0.15) is 5.82 Å². The molecule has 7 heteroatoms. The van der Waals surface area contributed by atoms with Gasteiger partial charge < -0.3 is 10.3 Å². The summed E-state index contributed by atoms with van der Waals surface area (Å²) in [6.45, 7) is 3.73. The Morgan fingerprint density at radius 1 is 0.938 bits per heavy atom. The molecule has 32 heavy (non-hydrogen) atoms. The van der Waals surface area contributed by atoms with Crippen molar-refractivity contribution in [1.82, 2.24) is 19.7 Å². The van der Waals surface area contributed by atoms with Crippen LogP contribution in [0.5, 0.6) is 0 Å². The molecule has 0 spiro atoms. The summed E-state index contributed by atoms with van der Waals surface area (Å²) in [6, 6.07) is 22.2. The van der Waals surface area contributed by atoms with Crippen LogP contribution in [0.2, 0.25) is 0 Å². The number of aromatic nitrogens is 4. The minimum absolute atomic E-state index is 0.165. The SMILES string of the molecule is CC(C)n1nc(C(=O)Nc2ccc(-c3nc4ccccc4[nH]3)cc2)c2ccccc2c1=O. The first-order chi connectivity index (χ1) is 15.5. The van der Waals surface area contributed by atoms with Crippen LogP contribution in [0.1, 0.15) is 30.4 Å². The molecule has 1 amide bonds. The zero-order chi connectivity index (χ0) is 22.2. The number of nitrogens with one attached hydrogen (secondary N) is 2.